The van der Waals surface area contributed by atoms with Gasteiger partial charge in [-0.15, -0.1) is 22.0 Å². The van der Waals surface area contributed by atoms with Gasteiger partial charge in [-0.3, -0.25) is 10.1 Å². The molecule has 0 fully saturated rings. The third-order valence-corrected chi connectivity index (χ3v) is 5.76. The van der Waals surface area contributed by atoms with Gasteiger partial charge in [0, 0.05) is 10.5 Å². The first-order valence-electron chi connectivity index (χ1n) is 8.14. The molecule has 2 aromatic carbocycles. The Bertz CT molecular complexity index is 926. The lowest BCUT2D eigenvalue weighted by Crippen LogP contribution is -2.11. The van der Waals surface area contributed by atoms with E-state index in [1.165, 1.54) is 28.9 Å². The van der Waals surface area contributed by atoms with Crippen molar-refractivity contribution in [3.8, 4) is 11.5 Å². The van der Waals surface area contributed by atoms with Gasteiger partial charge in [0.2, 0.25) is 5.13 Å². The molecule has 3 aromatic rings. The first-order valence-corrected chi connectivity index (χ1v) is 9.94. The quantitative estimate of drug-likeness (QED) is 0.591. The highest BCUT2D eigenvalue weighted by Crippen LogP contribution is 2.29. The third kappa shape index (κ3) is 4.99. The normalized spacial score (nSPS) is 10.5. The molecule has 0 aliphatic heterocycles. The van der Waals surface area contributed by atoms with Crippen LogP contribution in [0.4, 0.5) is 5.13 Å². The number of benzene rings is 2. The fourth-order valence-corrected chi connectivity index (χ4v) is 3.91. The SMILES string of the molecule is COc1ccc(C(=O)Nc2nnc(CSc3ccc(C)cc3)s2)cc1OC. The van der Waals surface area contributed by atoms with E-state index in [0.29, 0.717) is 27.9 Å². The van der Waals surface area contributed by atoms with E-state index in [-0.39, 0.29) is 5.91 Å². The number of ether oxygens (including phenoxy) is 2. The van der Waals surface area contributed by atoms with Crippen molar-refractivity contribution in [1.29, 1.82) is 0 Å². The second-order valence-electron chi connectivity index (χ2n) is 5.63. The number of hydrogen-bond donors (Lipinski definition) is 1. The number of nitrogens with zero attached hydrogens (tertiary/aromatic N) is 2. The van der Waals surface area contributed by atoms with Crippen LogP contribution in [0.3, 0.4) is 0 Å². The number of carbonyl (C=O) groups excluding carboxylic acids is 1. The van der Waals surface area contributed by atoms with E-state index in [1.54, 1.807) is 37.1 Å². The summed E-state index contributed by atoms with van der Waals surface area (Å²) < 4.78 is 10.4. The molecule has 0 aliphatic carbocycles. The van der Waals surface area contributed by atoms with Crippen molar-refractivity contribution >= 4 is 34.1 Å². The molecule has 1 aromatic heterocycles. The number of aryl methyl sites for hydroxylation is 1. The molecule has 0 radical (unpaired) electrons. The van der Waals surface area contributed by atoms with Gasteiger partial charge in [0.05, 0.1) is 20.0 Å². The van der Waals surface area contributed by atoms with Crippen LogP contribution in [0.2, 0.25) is 0 Å². The minimum Gasteiger partial charge on any atom is -0.493 e. The van der Waals surface area contributed by atoms with Crippen molar-refractivity contribution < 1.29 is 14.3 Å². The summed E-state index contributed by atoms with van der Waals surface area (Å²) >= 11 is 3.05. The molecule has 27 heavy (non-hydrogen) atoms. The fourth-order valence-electron chi connectivity index (χ4n) is 2.29. The number of thioether (sulfide) groups is 1. The van der Waals surface area contributed by atoms with Crippen LogP contribution in [0.15, 0.2) is 47.4 Å². The van der Waals surface area contributed by atoms with Gasteiger partial charge in [0.15, 0.2) is 11.5 Å². The lowest BCUT2D eigenvalue weighted by Gasteiger charge is -2.08. The van der Waals surface area contributed by atoms with E-state index in [0.717, 1.165) is 5.01 Å². The second-order valence-corrected chi connectivity index (χ2v) is 7.74. The van der Waals surface area contributed by atoms with Gasteiger partial charge >= 0.3 is 0 Å². The van der Waals surface area contributed by atoms with Gasteiger partial charge in [0.1, 0.15) is 5.01 Å². The molecular formula is C19H19N3O3S2. The van der Waals surface area contributed by atoms with E-state index < -0.39 is 0 Å². The van der Waals surface area contributed by atoms with E-state index in [1.807, 2.05) is 0 Å². The molecule has 0 unspecified atom stereocenters. The van der Waals surface area contributed by atoms with Crippen LogP contribution in [0.25, 0.3) is 0 Å². The van der Waals surface area contributed by atoms with Crippen molar-refractivity contribution in [3.05, 3.63) is 58.6 Å². The minimum absolute atomic E-state index is 0.273. The van der Waals surface area contributed by atoms with Crippen LogP contribution in [0.1, 0.15) is 20.9 Å². The van der Waals surface area contributed by atoms with E-state index >= 15 is 0 Å². The second kappa shape index (κ2) is 8.88. The minimum atomic E-state index is -0.273. The maximum Gasteiger partial charge on any atom is 0.257 e. The molecule has 0 saturated carbocycles. The molecule has 0 bridgehead atoms. The molecule has 0 saturated heterocycles. The summed E-state index contributed by atoms with van der Waals surface area (Å²) in [5, 5.41) is 12.3. The van der Waals surface area contributed by atoms with Crippen molar-refractivity contribution in [2.75, 3.05) is 19.5 Å². The number of hydrogen-bond acceptors (Lipinski definition) is 7. The van der Waals surface area contributed by atoms with Crippen LogP contribution in [-0.2, 0) is 5.75 Å². The molecule has 1 amide bonds. The Morgan fingerprint density at radius 1 is 1.07 bits per heavy atom. The molecule has 3 rings (SSSR count). The number of amides is 1. The predicted molar refractivity (Wildman–Crippen MR) is 108 cm³/mol. The summed E-state index contributed by atoms with van der Waals surface area (Å²) in [6.45, 7) is 2.06. The molecule has 0 atom stereocenters. The van der Waals surface area contributed by atoms with E-state index in [4.69, 9.17) is 9.47 Å². The third-order valence-electron chi connectivity index (χ3n) is 3.72. The molecular weight excluding hydrogens is 382 g/mol. The number of rotatable bonds is 7. The standard InChI is InChI=1S/C19H19N3O3S2/c1-12-4-7-14(8-5-12)26-11-17-21-22-19(27-17)20-18(23)13-6-9-15(24-2)16(10-13)25-3/h4-10H,11H2,1-3H3,(H,20,22,23). The van der Waals surface area contributed by atoms with E-state index in [9.17, 15) is 4.79 Å². The maximum atomic E-state index is 12.4. The van der Waals surface area contributed by atoms with Crippen molar-refractivity contribution in [2.45, 2.75) is 17.6 Å². The largest absolute Gasteiger partial charge is 0.493 e. The molecule has 140 valence electrons. The molecule has 1 N–H and O–H groups in total. The molecule has 8 heteroatoms. The Labute approximate surface area is 165 Å². The van der Waals surface area contributed by atoms with Crippen LogP contribution >= 0.6 is 23.1 Å². The summed E-state index contributed by atoms with van der Waals surface area (Å²) in [5.41, 5.74) is 1.69. The zero-order valence-corrected chi connectivity index (χ0v) is 16.8. The zero-order chi connectivity index (χ0) is 19.2. The summed E-state index contributed by atoms with van der Waals surface area (Å²) in [5.74, 6) is 1.50. The molecule has 6 nitrogen and oxygen atoms in total. The van der Waals surface area contributed by atoms with E-state index in [2.05, 4.69) is 46.7 Å². The number of aromatic nitrogens is 2. The average Bonchev–Trinajstić information content (AvgIpc) is 3.14. The topological polar surface area (TPSA) is 73.3 Å². The van der Waals surface area contributed by atoms with Crippen molar-refractivity contribution in [3.63, 3.8) is 0 Å². The average molecular weight is 402 g/mol. The predicted octanol–water partition coefficient (Wildman–Crippen LogP) is 4.41. The Morgan fingerprint density at radius 2 is 1.81 bits per heavy atom. The van der Waals surface area contributed by atoms with Gasteiger partial charge in [-0.25, -0.2) is 0 Å². The van der Waals surface area contributed by atoms with Gasteiger partial charge in [-0.05, 0) is 37.3 Å². The lowest BCUT2D eigenvalue weighted by atomic mass is 10.2. The van der Waals surface area contributed by atoms with Crippen LogP contribution in [0, 0.1) is 6.92 Å². The Morgan fingerprint density at radius 3 is 2.52 bits per heavy atom. The number of methoxy groups -OCH3 is 2. The maximum absolute atomic E-state index is 12.4. The summed E-state index contributed by atoms with van der Waals surface area (Å²) in [4.78, 5) is 13.6. The van der Waals surface area contributed by atoms with Gasteiger partial charge in [-0.2, -0.15) is 0 Å². The molecule has 0 aliphatic rings. The number of carbonyl (C=O) groups is 1. The number of anilines is 1. The van der Waals surface area contributed by atoms with Crippen LogP contribution < -0.4 is 14.8 Å². The summed E-state index contributed by atoms with van der Waals surface area (Å²) in [7, 11) is 3.08. The Kier molecular flexibility index (Phi) is 6.31. The number of nitrogens with one attached hydrogen (secondary N) is 1. The highest BCUT2D eigenvalue weighted by Gasteiger charge is 2.13. The smallest absolute Gasteiger partial charge is 0.257 e. The fraction of sp³-hybridized carbons (Fsp3) is 0.211. The monoisotopic (exact) mass is 401 g/mol. The van der Waals surface area contributed by atoms with Crippen molar-refractivity contribution in [1.82, 2.24) is 10.2 Å². The van der Waals surface area contributed by atoms with Crippen LogP contribution in [-0.4, -0.2) is 30.3 Å². The first kappa shape index (κ1) is 19.2. The summed E-state index contributed by atoms with van der Waals surface area (Å²) in [6, 6.07) is 13.3. The summed E-state index contributed by atoms with van der Waals surface area (Å²) in [6.07, 6.45) is 0. The zero-order valence-electron chi connectivity index (χ0n) is 15.2. The van der Waals surface area contributed by atoms with Crippen LogP contribution in [0.5, 0.6) is 11.5 Å². The van der Waals surface area contributed by atoms with Gasteiger partial charge in [-0.1, -0.05) is 29.0 Å². The van der Waals surface area contributed by atoms with Gasteiger partial charge < -0.3 is 9.47 Å². The molecule has 1 heterocycles. The highest BCUT2D eigenvalue weighted by atomic mass is 32.2. The Balaban J connectivity index is 1.61. The van der Waals surface area contributed by atoms with Gasteiger partial charge in [0.25, 0.3) is 5.91 Å². The lowest BCUT2D eigenvalue weighted by molar-refractivity contribution is 0.102. The van der Waals surface area contributed by atoms with Crippen molar-refractivity contribution in [2.24, 2.45) is 0 Å². The molecule has 0 spiro atoms. The Hall–Kier alpha value is -2.58. The first-order chi connectivity index (χ1) is 13.1. The highest BCUT2D eigenvalue weighted by molar-refractivity contribution is 7.98.